The maximum Gasteiger partial charge on any atom is 0.0957 e. The van der Waals surface area contributed by atoms with E-state index in [9.17, 15) is 0 Å². The predicted molar refractivity (Wildman–Crippen MR) is 36.0 cm³/mol. The quantitative estimate of drug-likeness (QED) is 0.517. The molecule has 0 aromatic carbocycles. The molecule has 0 aromatic heterocycles. The number of aliphatic hydroxyl groups is 2. The summed E-state index contributed by atoms with van der Waals surface area (Å²) in [6.07, 6.45) is -0.387. The molecule has 0 saturated heterocycles. The Morgan fingerprint density at radius 1 is 1.44 bits per heavy atom. The van der Waals surface area contributed by atoms with Crippen molar-refractivity contribution in [1.82, 2.24) is 4.90 Å². The third kappa shape index (κ3) is 2.79. The molecule has 0 saturated carbocycles. The number of hydrogen-bond donors (Lipinski definition) is 2. The van der Waals surface area contributed by atoms with Gasteiger partial charge in [-0.3, -0.25) is 4.90 Å². The Morgan fingerprint density at radius 3 is 2.00 bits per heavy atom. The topological polar surface area (TPSA) is 43.7 Å². The number of hydrogen-bond acceptors (Lipinski definition) is 3. The Labute approximate surface area is 55.9 Å². The van der Waals surface area contributed by atoms with E-state index in [4.69, 9.17) is 10.2 Å². The van der Waals surface area contributed by atoms with Crippen molar-refractivity contribution in [2.24, 2.45) is 0 Å². The Balaban J connectivity index is 3.58. The van der Waals surface area contributed by atoms with Gasteiger partial charge in [-0.2, -0.15) is 0 Å². The highest BCUT2D eigenvalue weighted by atomic mass is 16.3. The smallest absolute Gasteiger partial charge is 0.0957 e. The standard InChI is InChI=1S/C6H15NO2/c1-5(6(2)9)7(3)4-8/h5-6,8-9H,4H2,1-3H3/t5?,6-/m1/s1. The van der Waals surface area contributed by atoms with Crippen LogP contribution < -0.4 is 0 Å². The van der Waals surface area contributed by atoms with Crippen LogP contribution in [0.2, 0.25) is 0 Å². The lowest BCUT2D eigenvalue weighted by Crippen LogP contribution is -2.37. The van der Waals surface area contributed by atoms with Crippen molar-refractivity contribution in [3.63, 3.8) is 0 Å². The first-order valence-electron chi connectivity index (χ1n) is 3.08. The maximum atomic E-state index is 8.97. The van der Waals surface area contributed by atoms with Crippen LogP contribution in [-0.4, -0.2) is 41.0 Å². The molecule has 0 fully saturated rings. The minimum absolute atomic E-state index is 0.00787. The van der Waals surface area contributed by atoms with E-state index in [0.717, 1.165) is 0 Å². The van der Waals surface area contributed by atoms with E-state index >= 15 is 0 Å². The SMILES string of the molecule is CC([C@@H](C)O)N(C)CO. The molecule has 0 amide bonds. The molecule has 0 aromatic rings. The van der Waals surface area contributed by atoms with Crippen molar-refractivity contribution in [3.05, 3.63) is 0 Å². The van der Waals surface area contributed by atoms with E-state index in [1.54, 1.807) is 18.9 Å². The van der Waals surface area contributed by atoms with E-state index < -0.39 is 0 Å². The number of likely N-dealkylation sites (N-methyl/N-ethyl adjacent to an activating group) is 1. The highest BCUT2D eigenvalue weighted by Crippen LogP contribution is 1.98. The van der Waals surface area contributed by atoms with Crippen LogP contribution in [0.25, 0.3) is 0 Å². The molecule has 0 radical (unpaired) electrons. The molecule has 0 heterocycles. The maximum absolute atomic E-state index is 8.97. The van der Waals surface area contributed by atoms with Gasteiger partial charge in [0.05, 0.1) is 12.8 Å². The molecule has 3 heteroatoms. The van der Waals surface area contributed by atoms with Gasteiger partial charge in [0.15, 0.2) is 0 Å². The molecule has 0 spiro atoms. The lowest BCUT2D eigenvalue weighted by molar-refractivity contribution is 0.0325. The summed E-state index contributed by atoms with van der Waals surface area (Å²) in [6.45, 7) is 3.56. The fraction of sp³-hybridized carbons (Fsp3) is 1.00. The molecule has 0 rings (SSSR count). The first-order valence-corrected chi connectivity index (χ1v) is 3.08. The van der Waals surface area contributed by atoms with Gasteiger partial charge in [-0.25, -0.2) is 0 Å². The Hall–Kier alpha value is -0.120. The minimum atomic E-state index is -0.387. The zero-order valence-electron chi connectivity index (χ0n) is 6.20. The third-order valence-electron chi connectivity index (χ3n) is 1.62. The van der Waals surface area contributed by atoms with Crippen molar-refractivity contribution in [3.8, 4) is 0 Å². The number of nitrogens with zero attached hydrogens (tertiary/aromatic N) is 1. The van der Waals surface area contributed by atoms with Crippen LogP contribution in [0.5, 0.6) is 0 Å². The summed E-state index contributed by atoms with van der Waals surface area (Å²) in [5, 5.41) is 17.5. The van der Waals surface area contributed by atoms with Gasteiger partial charge in [-0.1, -0.05) is 0 Å². The van der Waals surface area contributed by atoms with Gasteiger partial charge in [0.2, 0.25) is 0 Å². The largest absolute Gasteiger partial charge is 0.392 e. The van der Waals surface area contributed by atoms with Crippen LogP contribution in [0.4, 0.5) is 0 Å². The van der Waals surface area contributed by atoms with E-state index in [1.807, 2.05) is 6.92 Å². The van der Waals surface area contributed by atoms with E-state index in [0.29, 0.717) is 0 Å². The lowest BCUT2D eigenvalue weighted by Gasteiger charge is -2.24. The van der Waals surface area contributed by atoms with E-state index in [-0.39, 0.29) is 18.9 Å². The predicted octanol–water partition coefficient (Wildman–Crippen LogP) is -0.363. The summed E-state index contributed by atoms with van der Waals surface area (Å²) in [6, 6.07) is 0.0231. The van der Waals surface area contributed by atoms with Crippen molar-refractivity contribution in [1.29, 1.82) is 0 Å². The molecular formula is C6H15NO2. The summed E-state index contributed by atoms with van der Waals surface area (Å²) in [5.74, 6) is 0. The second-order valence-corrected chi connectivity index (χ2v) is 2.38. The summed E-state index contributed by atoms with van der Waals surface area (Å²) >= 11 is 0. The van der Waals surface area contributed by atoms with Crippen LogP contribution in [-0.2, 0) is 0 Å². The second kappa shape index (κ2) is 3.82. The molecule has 9 heavy (non-hydrogen) atoms. The molecule has 0 aliphatic rings. The summed E-state index contributed by atoms with van der Waals surface area (Å²) in [4.78, 5) is 1.67. The van der Waals surface area contributed by atoms with Gasteiger partial charge in [0.25, 0.3) is 0 Å². The molecule has 2 atom stereocenters. The first-order chi connectivity index (χ1) is 4.09. The van der Waals surface area contributed by atoms with Crippen LogP contribution in [0.15, 0.2) is 0 Å². The Morgan fingerprint density at radius 2 is 1.89 bits per heavy atom. The fourth-order valence-corrected chi connectivity index (χ4v) is 0.497. The fourth-order valence-electron chi connectivity index (χ4n) is 0.497. The second-order valence-electron chi connectivity index (χ2n) is 2.38. The average Bonchev–Trinajstić information content (AvgIpc) is 1.84. The molecule has 0 bridgehead atoms. The molecule has 1 unspecified atom stereocenters. The monoisotopic (exact) mass is 133 g/mol. The number of rotatable bonds is 3. The van der Waals surface area contributed by atoms with Gasteiger partial charge in [-0.05, 0) is 20.9 Å². The van der Waals surface area contributed by atoms with Gasteiger partial charge in [0.1, 0.15) is 0 Å². The molecule has 0 aliphatic heterocycles. The highest BCUT2D eigenvalue weighted by molar-refractivity contribution is 4.65. The van der Waals surface area contributed by atoms with E-state index in [1.165, 1.54) is 0 Å². The summed E-state index contributed by atoms with van der Waals surface area (Å²) in [7, 11) is 1.76. The average molecular weight is 133 g/mol. The lowest BCUT2D eigenvalue weighted by atomic mass is 10.2. The Bertz CT molecular complexity index is 75.5. The molecule has 0 aliphatic carbocycles. The van der Waals surface area contributed by atoms with Gasteiger partial charge in [-0.15, -0.1) is 0 Å². The van der Waals surface area contributed by atoms with Crippen molar-refractivity contribution < 1.29 is 10.2 Å². The number of aliphatic hydroxyl groups excluding tert-OH is 2. The molecule has 3 nitrogen and oxygen atoms in total. The van der Waals surface area contributed by atoms with Gasteiger partial charge < -0.3 is 10.2 Å². The Kier molecular flexibility index (Phi) is 3.77. The van der Waals surface area contributed by atoms with Crippen LogP contribution in [0.1, 0.15) is 13.8 Å². The molecule has 56 valence electrons. The van der Waals surface area contributed by atoms with E-state index in [2.05, 4.69) is 0 Å². The zero-order chi connectivity index (χ0) is 7.44. The van der Waals surface area contributed by atoms with Gasteiger partial charge in [0, 0.05) is 6.04 Å². The zero-order valence-corrected chi connectivity index (χ0v) is 6.20. The van der Waals surface area contributed by atoms with Gasteiger partial charge >= 0.3 is 0 Å². The third-order valence-corrected chi connectivity index (χ3v) is 1.62. The molecule has 2 N–H and O–H groups in total. The molecular weight excluding hydrogens is 118 g/mol. The first kappa shape index (κ1) is 8.88. The minimum Gasteiger partial charge on any atom is -0.392 e. The van der Waals surface area contributed by atoms with Crippen LogP contribution in [0, 0.1) is 0 Å². The van der Waals surface area contributed by atoms with Crippen molar-refractivity contribution in [2.75, 3.05) is 13.8 Å². The normalized spacial score (nSPS) is 18.0. The van der Waals surface area contributed by atoms with Crippen molar-refractivity contribution in [2.45, 2.75) is 26.0 Å². The summed E-state index contributed by atoms with van der Waals surface area (Å²) in [5.41, 5.74) is 0. The van der Waals surface area contributed by atoms with Crippen LogP contribution >= 0.6 is 0 Å². The summed E-state index contributed by atoms with van der Waals surface area (Å²) < 4.78 is 0. The highest BCUT2D eigenvalue weighted by Gasteiger charge is 2.12. The van der Waals surface area contributed by atoms with Crippen LogP contribution in [0.3, 0.4) is 0 Å². The van der Waals surface area contributed by atoms with Crippen molar-refractivity contribution >= 4 is 0 Å².